The van der Waals surface area contributed by atoms with Gasteiger partial charge >= 0.3 is 0 Å². The molecular weight excluding hydrogens is 230 g/mol. The van der Waals surface area contributed by atoms with Gasteiger partial charge in [0.2, 0.25) is 11.8 Å². The lowest BCUT2D eigenvalue weighted by molar-refractivity contribution is -0.154. The molecule has 5 heteroatoms. The zero-order chi connectivity index (χ0) is 12.5. The van der Waals surface area contributed by atoms with Crippen LogP contribution in [0.4, 0.5) is 0 Å². The minimum Gasteiger partial charge on any atom is -0.329 e. The first kappa shape index (κ1) is 11.2. The average Bonchev–Trinajstić information content (AvgIpc) is 2.87. The van der Waals surface area contributed by atoms with Crippen LogP contribution in [0, 0.1) is 0 Å². The maximum Gasteiger partial charge on any atom is 0.246 e. The lowest BCUT2D eigenvalue weighted by Crippen LogP contribution is -2.56. The van der Waals surface area contributed by atoms with Gasteiger partial charge in [-0.05, 0) is 30.5 Å². The molecule has 1 aromatic heterocycles. The van der Waals surface area contributed by atoms with Crippen LogP contribution in [0.3, 0.4) is 0 Å². The lowest BCUT2D eigenvalue weighted by Gasteiger charge is -2.36. The number of pyridine rings is 1. The minimum absolute atomic E-state index is 0.0751. The van der Waals surface area contributed by atoms with Crippen LogP contribution < -0.4 is 0 Å². The van der Waals surface area contributed by atoms with Crippen LogP contribution in [0.5, 0.6) is 0 Å². The number of carbonyl (C=O) groups excluding carboxylic acids is 2. The highest BCUT2D eigenvalue weighted by molar-refractivity contribution is 5.95. The molecule has 3 rings (SSSR count). The van der Waals surface area contributed by atoms with E-state index in [-0.39, 0.29) is 24.4 Å². The Kier molecular flexibility index (Phi) is 2.74. The molecule has 1 atom stereocenters. The third-order valence-corrected chi connectivity index (χ3v) is 3.62. The monoisotopic (exact) mass is 245 g/mol. The van der Waals surface area contributed by atoms with Crippen LogP contribution in [0.15, 0.2) is 24.5 Å². The highest BCUT2D eigenvalue weighted by Crippen LogP contribution is 2.24. The summed E-state index contributed by atoms with van der Waals surface area (Å²) < 4.78 is 0. The molecule has 0 aromatic carbocycles. The molecule has 2 aliphatic rings. The molecule has 2 fully saturated rings. The van der Waals surface area contributed by atoms with Gasteiger partial charge in [0.1, 0.15) is 12.6 Å². The van der Waals surface area contributed by atoms with Crippen molar-refractivity contribution in [3.8, 4) is 0 Å². The molecule has 5 nitrogen and oxygen atoms in total. The molecule has 0 radical (unpaired) electrons. The molecule has 0 aliphatic carbocycles. The van der Waals surface area contributed by atoms with Gasteiger partial charge in [0.25, 0.3) is 0 Å². The Bertz CT molecular complexity index is 474. The maximum atomic E-state index is 12.3. The summed E-state index contributed by atoms with van der Waals surface area (Å²) in [7, 11) is 0. The Hall–Kier alpha value is -1.91. The first-order valence-electron chi connectivity index (χ1n) is 6.23. The molecule has 0 spiro atoms. The van der Waals surface area contributed by atoms with E-state index in [9.17, 15) is 9.59 Å². The third-order valence-electron chi connectivity index (χ3n) is 3.62. The second-order valence-electron chi connectivity index (χ2n) is 4.79. The first-order chi connectivity index (χ1) is 8.75. The van der Waals surface area contributed by atoms with E-state index >= 15 is 0 Å². The highest BCUT2D eigenvalue weighted by atomic mass is 16.2. The molecule has 2 amide bonds. The Balaban J connectivity index is 1.77. The first-order valence-corrected chi connectivity index (χ1v) is 6.23. The lowest BCUT2D eigenvalue weighted by atomic mass is 10.1. The predicted molar refractivity (Wildman–Crippen MR) is 64.4 cm³/mol. The number of hydrogen-bond acceptors (Lipinski definition) is 3. The molecule has 3 heterocycles. The maximum absolute atomic E-state index is 12.3. The Morgan fingerprint density at radius 1 is 1.28 bits per heavy atom. The largest absolute Gasteiger partial charge is 0.329 e. The summed E-state index contributed by atoms with van der Waals surface area (Å²) in [5, 5.41) is 0. The Labute approximate surface area is 105 Å². The summed E-state index contributed by atoms with van der Waals surface area (Å²) in [5.41, 5.74) is 1.01. The minimum atomic E-state index is -0.215. The quantitative estimate of drug-likeness (QED) is 0.758. The number of amides is 2. The Morgan fingerprint density at radius 2 is 2.06 bits per heavy atom. The van der Waals surface area contributed by atoms with E-state index < -0.39 is 0 Å². The van der Waals surface area contributed by atoms with Crippen LogP contribution in [0.2, 0.25) is 0 Å². The van der Waals surface area contributed by atoms with Crippen LogP contribution in [0.25, 0.3) is 0 Å². The van der Waals surface area contributed by atoms with Crippen molar-refractivity contribution in [3.05, 3.63) is 30.1 Å². The number of aromatic nitrogens is 1. The van der Waals surface area contributed by atoms with Crippen molar-refractivity contribution in [1.29, 1.82) is 0 Å². The molecule has 18 heavy (non-hydrogen) atoms. The number of hydrogen-bond donors (Lipinski definition) is 0. The van der Waals surface area contributed by atoms with Crippen molar-refractivity contribution in [2.24, 2.45) is 0 Å². The molecule has 1 unspecified atom stereocenters. The summed E-state index contributed by atoms with van der Waals surface area (Å²) in [6.07, 6.45) is 5.14. The number of rotatable bonds is 2. The van der Waals surface area contributed by atoms with E-state index in [0.29, 0.717) is 6.54 Å². The van der Waals surface area contributed by atoms with Gasteiger partial charge in [0, 0.05) is 25.5 Å². The summed E-state index contributed by atoms with van der Waals surface area (Å²) in [5.74, 6) is 0.162. The van der Waals surface area contributed by atoms with Gasteiger partial charge in [-0.25, -0.2) is 0 Å². The van der Waals surface area contributed by atoms with E-state index in [4.69, 9.17) is 0 Å². The van der Waals surface area contributed by atoms with Gasteiger partial charge in [0.05, 0.1) is 0 Å². The molecule has 2 saturated heterocycles. The number of fused-ring (bicyclic) bond motifs is 1. The van der Waals surface area contributed by atoms with Gasteiger partial charge < -0.3 is 9.80 Å². The molecule has 94 valence electrons. The zero-order valence-corrected chi connectivity index (χ0v) is 10.1. The third kappa shape index (κ3) is 1.85. The highest BCUT2D eigenvalue weighted by Gasteiger charge is 2.41. The van der Waals surface area contributed by atoms with Crippen molar-refractivity contribution in [2.75, 3.05) is 13.1 Å². The van der Waals surface area contributed by atoms with Gasteiger partial charge in [-0.15, -0.1) is 0 Å². The SMILES string of the molecule is O=C1C2CCCN2C(=O)CN1Cc1ccncc1. The van der Waals surface area contributed by atoms with Crippen LogP contribution in [0.1, 0.15) is 18.4 Å². The normalized spacial score (nSPS) is 23.4. The fourth-order valence-electron chi connectivity index (χ4n) is 2.71. The summed E-state index contributed by atoms with van der Waals surface area (Å²) in [4.78, 5) is 31.5. The molecule has 1 aromatic rings. The summed E-state index contributed by atoms with van der Waals surface area (Å²) in [6.45, 7) is 1.44. The van der Waals surface area contributed by atoms with Crippen molar-refractivity contribution < 1.29 is 9.59 Å². The molecule has 0 saturated carbocycles. The van der Waals surface area contributed by atoms with E-state index in [2.05, 4.69) is 4.98 Å². The fourth-order valence-corrected chi connectivity index (χ4v) is 2.71. The smallest absolute Gasteiger partial charge is 0.246 e. The number of carbonyl (C=O) groups is 2. The second-order valence-corrected chi connectivity index (χ2v) is 4.79. The van der Waals surface area contributed by atoms with Gasteiger partial charge in [0.15, 0.2) is 0 Å². The average molecular weight is 245 g/mol. The van der Waals surface area contributed by atoms with E-state index in [1.807, 2.05) is 12.1 Å². The summed E-state index contributed by atoms with van der Waals surface area (Å²) >= 11 is 0. The topological polar surface area (TPSA) is 53.5 Å². The van der Waals surface area contributed by atoms with Crippen molar-refractivity contribution in [1.82, 2.24) is 14.8 Å². The Morgan fingerprint density at radius 3 is 2.83 bits per heavy atom. The van der Waals surface area contributed by atoms with Gasteiger partial charge in [-0.2, -0.15) is 0 Å². The molecule has 0 N–H and O–H groups in total. The van der Waals surface area contributed by atoms with Crippen LogP contribution in [-0.2, 0) is 16.1 Å². The molecule has 0 bridgehead atoms. The molecule has 2 aliphatic heterocycles. The van der Waals surface area contributed by atoms with Gasteiger partial charge in [-0.1, -0.05) is 0 Å². The second kappa shape index (κ2) is 4.40. The van der Waals surface area contributed by atoms with Crippen LogP contribution >= 0.6 is 0 Å². The fraction of sp³-hybridized carbons (Fsp3) is 0.462. The standard InChI is InChI=1S/C13H15N3O2/c17-12-9-15(8-10-3-5-14-6-4-10)13(18)11-2-1-7-16(11)12/h3-6,11H,1-2,7-9H2. The van der Waals surface area contributed by atoms with Crippen molar-refractivity contribution in [3.63, 3.8) is 0 Å². The van der Waals surface area contributed by atoms with E-state index in [1.165, 1.54) is 0 Å². The summed E-state index contributed by atoms with van der Waals surface area (Å²) in [6, 6.07) is 3.53. The van der Waals surface area contributed by atoms with E-state index in [1.54, 1.807) is 22.2 Å². The van der Waals surface area contributed by atoms with Crippen LogP contribution in [-0.4, -0.2) is 45.7 Å². The number of nitrogens with zero attached hydrogens (tertiary/aromatic N) is 3. The molecular formula is C13H15N3O2. The zero-order valence-electron chi connectivity index (χ0n) is 10.1. The van der Waals surface area contributed by atoms with Gasteiger partial charge in [-0.3, -0.25) is 14.6 Å². The van der Waals surface area contributed by atoms with Crippen molar-refractivity contribution >= 4 is 11.8 Å². The predicted octanol–water partition coefficient (Wildman–Crippen LogP) is 0.415. The van der Waals surface area contributed by atoms with Crippen molar-refractivity contribution in [2.45, 2.75) is 25.4 Å². The van der Waals surface area contributed by atoms with E-state index in [0.717, 1.165) is 24.9 Å². The number of piperazine rings is 1.